The molecule has 2 aliphatic rings. The number of alkyl carbamates (subject to hydrolysis) is 1. The van der Waals surface area contributed by atoms with Crippen molar-refractivity contribution in [2.24, 2.45) is 5.92 Å². The number of carbonyl (C=O) groups is 7. The first-order chi connectivity index (χ1) is 33.7. The van der Waals surface area contributed by atoms with E-state index in [9.17, 15) is 38.7 Å². The van der Waals surface area contributed by atoms with E-state index >= 15 is 0 Å². The lowest BCUT2D eigenvalue weighted by Crippen LogP contribution is -2.61. The van der Waals surface area contributed by atoms with Crippen LogP contribution in [0.1, 0.15) is 121 Å². The molecule has 1 aromatic heterocycles. The Labute approximate surface area is 412 Å². The Morgan fingerprint density at radius 1 is 0.743 bits per heavy atom. The number of unbranched alkanes of at least 4 members (excludes halogenated alkanes) is 2. The van der Waals surface area contributed by atoms with Crippen molar-refractivity contribution in [2.75, 3.05) is 40.0 Å². The molecule has 5 rings (SSSR count). The lowest BCUT2D eigenvalue weighted by Gasteiger charge is -2.33. The molecule has 1 fully saturated rings. The van der Waals surface area contributed by atoms with Gasteiger partial charge in [-0.1, -0.05) is 108 Å². The van der Waals surface area contributed by atoms with Gasteiger partial charge in [0.2, 0.25) is 29.5 Å². The average molecular weight is 968 g/mol. The van der Waals surface area contributed by atoms with Gasteiger partial charge in [-0.3, -0.25) is 33.8 Å². The zero-order valence-electron chi connectivity index (χ0n) is 41.5. The van der Waals surface area contributed by atoms with Crippen molar-refractivity contribution in [3.8, 4) is 11.1 Å². The van der Waals surface area contributed by atoms with Gasteiger partial charge in [-0.2, -0.15) is 0 Å². The molecule has 0 radical (unpaired) electrons. The third-order valence-corrected chi connectivity index (χ3v) is 12.9. The number of fused-ring (bicyclic) bond motifs is 3. The fourth-order valence-corrected chi connectivity index (χ4v) is 8.90. The minimum absolute atomic E-state index is 0.0313. The summed E-state index contributed by atoms with van der Waals surface area (Å²) in [6.07, 6.45) is 7.85. The van der Waals surface area contributed by atoms with Crippen molar-refractivity contribution < 1.29 is 48.1 Å². The van der Waals surface area contributed by atoms with Crippen molar-refractivity contribution >= 4 is 41.6 Å². The molecule has 5 N–H and O–H groups in total. The predicted molar refractivity (Wildman–Crippen MR) is 264 cm³/mol. The van der Waals surface area contributed by atoms with E-state index in [1.54, 1.807) is 29.4 Å². The third kappa shape index (κ3) is 15.8. The molecule has 2 heterocycles. The number of carbonyl (C=O) groups excluding carboxylic acids is 6. The number of rotatable bonds is 27. The quantitative estimate of drug-likeness (QED) is 0.0579. The van der Waals surface area contributed by atoms with E-state index in [4.69, 9.17) is 9.47 Å². The van der Waals surface area contributed by atoms with Gasteiger partial charge in [-0.25, -0.2) is 4.79 Å². The molecule has 0 spiro atoms. The van der Waals surface area contributed by atoms with Crippen LogP contribution < -0.4 is 21.3 Å². The van der Waals surface area contributed by atoms with Crippen LogP contribution in [0.15, 0.2) is 73.1 Å². The lowest BCUT2D eigenvalue weighted by atomic mass is 9.98. The Morgan fingerprint density at radius 3 is 1.94 bits per heavy atom. The number of hydrogen-bond donors (Lipinski definition) is 5. The number of amides is 6. The molecule has 1 aliphatic carbocycles. The van der Waals surface area contributed by atoms with E-state index in [0.717, 1.165) is 47.9 Å². The number of aromatic nitrogens is 1. The van der Waals surface area contributed by atoms with Crippen LogP contribution in [-0.2, 0) is 44.7 Å². The monoisotopic (exact) mass is 968 g/mol. The minimum Gasteiger partial charge on any atom is -0.481 e. The molecule has 70 heavy (non-hydrogen) atoms. The number of ether oxygens (including phenoxy) is 2. The summed E-state index contributed by atoms with van der Waals surface area (Å²) in [6.45, 7) is 8.82. The van der Waals surface area contributed by atoms with Crippen LogP contribution in [0.3, 0.4) is 0 Å². The number of aliphatic carboxylic acids is 1. The predicted octanol–water partition coefficient (Wildman–Crippen LogP) is 5.74. The number of likely N-dealkylation sites (tertiary alicyclic amines) is 1. The van der Waals surface area contributed by atoms with Gasteiger partial charge < -0.3 is 45.6 Å². The number of pyridine rings is 1. The molecular formula is C53H73N7O10. The van der Waals surface area contributed by atoms with E-state index in [-0.39, 0.29) is 50.9 Å². The third-order valence-electron chi connectivity index (χ3n) is 12.9. The largest absolute Gasteiger partial charge is 0.481 e. The summed E-state index contributed by atoms with van der Waals surface area (Å²) in [5.74, 6) is -4.43. The number of nitrogens with zero attached hydrogens (tertiary/aromatic N) is 3. The summed E-state index contributed by atoms with van der Waals surface area (Å²) in [5.41, 5.74) is 4.86. The smallest absolute Gasteiger partial charge is 0.407 e. The molecule has 2 aromatic carbocycles. The first-order valence-electron chi connectivity index (χ1n) is 25.0. The number of carboxylic acids is 1. The van der Waals surface area contributed by atoms with Gasteiger partial charge in [-0.15, -0.1) is 0 Å². The van der Waals surface area contributed by atoms with Crippen molar-refractivity contribution in [3.05, 3.63) is 89.7 Å². The second kappa shape index (κ2) is 27.7. The van der Waals surface area contributed by atoms with Gasteiger partial charge in [0.15, 0.2) is 0 Å². The summed E-state index contributed by atoms with van der Waals surface area (Å²) in [5, 5.41) is 20.7. The van der Waals surface area contributed by atoms with Gasteiger partial charge >= 0.3 is 12.1 Å². The van der Waals surface area contributed by atoms with Crippen LogP contribution in [0, 0.1) is 5.92 Å². The SMILES string of the molecule is CCCC[C@H](NC(=O)OCC1c2ccccc2-c2ccccc21)C(=O)N[C@@H](CCCC)C(=O)N(C)[C@@H](Cc1cccnc1)C(=O)N[C@@H](COCCC(C)C)C(=O)N[C@@H](CC(=O)O)C(=O)N1CCCCC1. The fourth-order valence-electron chi connectivity index (χ4n) is 8.90. The highest BCUT2D eigenvalue weighted by Crippen LogP contribution is 2.44. The summed E-state index contributed by atoms with van der Waals surface area (Å²) in [4.78, 5) is 104. The van der Waals surface area contributed by atoms with E-state index in [1.807, 2.05) is 76.2 Å². The van der Waals surface area contributed by atoms with Gasteiger partial charge in [0.25, 0.3) is 0 Å². The normalized spacial score (nSPS) is 15.3. The van der Waals surface area contributed by atoms with Crippen molar-refractivity contribution in [1.82, 2.24) is 36.1 Å². The van der Waals surface area contributed by atoms with Crippen LogP contribution >= 0.6 is 0 Å². The maximum absolute atomic E-state index is 14.7. The van der Waals surface area contributed by atoms with Crippen molar-refractivity contribution in [3.63, 3.8) is 0 Å². The molecule has 17 nitrogen and oxygen atoms in total. The van der Waals surface area contributed by atoms with Gasteiger partial charge in [0.1, 0.15) is 36.8 Å². The van der Waals surface area contributed by atoms with Gasteiger partial charge in [0, 0.05) is 51.5 Å². The first kappa shape index (κ1) is 54.6. The maximum atomic E-state index is 14.7. The first-order valence-corrected chi connectivity index (χ1v) is 25.0. The highest BCUT2D eigenvalue weighted by Gasteiger charge is 2.37. The van der Waals surface area contributed by atoms with Gasteiger partial charge in [-0.05, 0) is 78.3 Å². The second-order valence-corrected chi connectivity index (χ2v) is 18.8. The number of hydrogen-bond acceptors (Lipinski definition) is 10. The zero-order chi connectivity index (χ0) is 50.6. The molecular weight excluding hydrogens is 895 g/mol. The Morgan fingerprint density at radius 2 is 1.34 bits per heavy atom. The highest BCUT2D eigenvalue weighted by molar-refractivity contribution is 5.97. The minimum atomic E-state index is -1.39. The molecule has 380 valence electrons. The number of nitrogens with one attached hydrogen (secondary N) is 4. The Kier molecular flexibility index (Phi) is 21.6. The maximum Gasteiger partial charge on any atom is 0.407 e. The molecule has 1 saturated heterocycles. The number of likely N-dealkylation sites (N-methyl/N-ethyl adjacent to an activating group) is 1. The molecule has 5 atom stereocenters. The second-order valence-electron chi connectivity index (χ2n) is 18.8. The van der Waals surface area contributed by atoms with Crippen LogP contribution in [0.25, 0.3) is 11.1 Å². The molecule has 0 bridgehead atoms. The van der Waals surface area contributed by atoms with E-state index in [1.165, 1.54) is 11.9 Å². The topological polar surface area (TPSA) is 226 Å². The van der Waals surface area contributed by atoms with Crippen molar-refractivity contribution in [1.29, 1.82) is 0 Å². The summed E-state index contributed by atoms with van der Waals surface area (Å²) in [7, 11) is 1.45. The van der Waals surface area contributed by atoms with Crippen LogP contribution in [0.5, 0.6) is 0 Å². The highest BCUT2D eigenvalue weighted by atomic mass is 16.5. The summed E-state index contributed by atoms with van der Waals surface area (Å²) in [6, 6.07) is 13.3. The van der Waals surface area contributed by atoms with Crippen molar-refractivity contribution in [2.45, 2.75) is 141 Å². The number of benzene rings is 2. The molecule has 1 aliphatic heterocycles. The molecule has 17 heteroatoms. The van der Waals surface area contributed by atoms with Crippen LogP contribution in [0.4, 0.5) is 4.79 Å². The van der Waals surface area contributed by atoms with E-state index in [0.29, 0.717) is 44.3 Å². The lowest BCUT2D eigenvalue weighted by molar-refractivity contribution is -0.145. The average Bonchev–Trinajstić information content (AvgIpc) is 3.68. The molecule has 3 aromatic rings. The Bertz CT molecular complexity index is 2170. The molecule has 6 amide bonds. The fraction of sp³-hybridized carbons (Fsp3) is 0.547. The molecule has 0 unspecified atom stereocenters. The number of piperidine rings is 1. The zero-order valence-corrected chi connectivity index (χ0v) is 41.5. The summed E-state index contributed by atoms with van der Waals surface area (Å²) >= 11 is 0. The van der Waals surface area contributed by atoms with E-state index < -0.39 is 78.2 Å². The van der Waals surface area contributed by atoms with Crippen LogP contribution in [0.2, 0.25) is 0 Å². The number of carboxylic acid groups (broad SMARTS) is 1. The van der Waals surface area contributed by atoms with Crippen LogP contribution in [-0.4, -0.2) is 132 Å². The standard InChI is InChI=1S/C53H73N7O10/c1-6-8-23-42(58-53(68)70-33-41-39-21-13-11-19-37(39)38-20-12-14-22-40(38)41)48(63)55-43(24-9-7-2)51(66)59(5)46(30-36-18-17-26-54-32-36)50(65)57-45(34-69-29-25-35(3)4)49(64)56-44(31-47(61)62)52(67)60-27-15-10-16-28-60/h11-14,17-22,26,32,35,41-46H,6-10,15-16,23-25,27-31,33-34H2,1-5H3,(H,55,63)(H,56,64)(H,57,65)(H,58,68)(H,61,62)/t42-,43-,44-,45-,46-/m0/s1. The summed E-state index contributed by atoms with van der Waals surface area (Å²) < 4.78 is 11.7. The van der Waals surface area contributed by atoms with E-state index in [2.05, 4.69) is 26.3 Å². The Balaban J connectivity index is 1.34. The Hall–Kier alpha value is -6.36. The molecule has 0 saturated carbocycles. The van der Waals surface area contributed by atoms with Gasteiger partial charge in [0.05, 0.1) is 13.0 Å².